The fraction of sp³-hybridized carbons (Fsp3) is 0.538. The highest BCUT2D eigenvalue weighted by molar-refractivity contribution is 9.10. The third-order valence-electron chi connectivity index (χ3n) is 2.59. The van der Waals surface area contributed by atoms with Crippen LogP contribution >= 0.6 is 27.7 Å². The molecule has 3 heteroatoms. The molecule has 0 spiro atoms. The zero-order valence-electron chi connectivity index (χ0n) is 10.0. The van der Waals surface area contributed by atoms with Crippen LogP contribution in [0.4, 0.5) is 0 Å². The molecule has 0 aromatic heterocycles. The Morgan fingerprint density at radius 2 is 2.12 bits per heavy atom. The van der Waals surface area contributed by atoms with Gasteiger partial charge < -0.3 is 5.32 Å². The topological polar surface area (TPSA) is 12.0 Å². The zero-order chi connectivity index (χ0) is 11.8. The number of rotatable bonds is 7. The summed E-state index contributed by atoms with van der Waals surface area (Å²) >= 11 is 5.50. The van der Waals surface area contributed by atoms with Crippen LogP contribution in [0.15, 0.2) is 33.6 Å². The molecule has 0 radical (unpaired) electrons. The van der Waals surface area contributed by atoms with Gasteiger partial charge in [-0.3, -0.25) is 0 Å². The molecule has 0 saturated carbocycles. The highest BCUT2D eigenvalue weighted by Gasteiger charge is 2.07. The highest BCUT2D eigenvalue weighted by atomic mass is 79.9. The lowest BCUT2D eigenvalue weighted by atomic mass is 10.1. The van der Waals surface area contributed by atoms with E-state index >= 15 is 0 Å². The van der Waals surface area contributed by atoms with Crippen LogP contribution in [0.1, 0.15) is 26.2 Å². The molecule has 0 heterocycles. The van der Waals surface area contributed by atoms with Gasteiger partial charge in [0.2, 0.25) is 0 Å². The van der Waals surface area contributed by atoms with Crippen LogP contribution in [0.3, 0.4) is 0 Å². The Bertz CT molecular complexity index is 304. The van der Waals surface area contributed by atoms with Gasteiger partial charge >= 0.3 is 0 Å². The van der Waals surface area contributed by atoms with Gasteiger partial charge in [0.15, 0.2) is 0 Å². The Balaban J connectivity index is 2.40. The highest BCUT2D eigenvalue weighted by Crippen LogP contribution is 2.27. The van der Waals surface area contributed by atoms with Crippen molar-refractivity contribution in [2.45, 2.75) is 37.1 Å². The Labute approximate surface area is 112 Å². The molecule has 90 valence electrons. The number of benzene rings is 1. The van der Waals surface area contributed by atoms with Gasteiger partial charge in [-0.05, 0) is 41.5 Å². The Kier molecular flexibility index (Phi) is 7.17. The third-order valence-corrected chi connectivity index (χ3v) is 4.78. The van der Waals surface area contributed by atoms with Crippen molar-refractivity contribution in [3.8, 4) is 0 Å². The van der Waals surface area contributed by atoms with E-state index < -0.39 is 0 Å². The number of nitrogens with one attached hydrogen (secondary N) is 1. The molecule has 1 aromatic carbocycles. The first-order valence-electron chi connectivity index (χ1n) is 5.82. The maximum atomic E-state index is 3.58. The summed E-state index contributed by atoms with van der Waals surface area (Å²) in [6, 6.07) is 9.04. The average molecular weight is 302 g/mol. The predicted molar refractivity (Wildman–Crippen MR) is 77.2 cm³/mol. The van der Waals surface area contributed by atoms with Crippen molar-refractivity contribution in [1.29, 1.82) is 0 Å². The second-order valence-corrected chi connectivity index (χ2v) is 5.79. The molecule has 0 bridgehead atoms. The van der Waals surface area contributed by atoms with E-state index in [4.69, 9.17) is 0 Å². The monoisotopic (exact) mass is 301 g/mol. The van der Waals surface area contributed by atoms with E-state index in [1.807, 2.05) is 11.8 Å². The first-order chi connectivity index (χ1) is 7.77. The summed E-state index contributed by atoms with van der Waals surface area (Å²) in [5, 5.41) is 3.39. The summed E-state index contributed by atoms with van der Waals surface area (Å²) in [5.74, 6) is 1.14. The fourth-order valence-electron chi connectivity index (χ4n) is 1.51. The summed E-state index contributed by atoms with van der Waals surface area (Å²) in [6.07, 6.45) is 3.85. The minimum Gasteiger partial charge on any atom is -0.316 e. The minimum absolute atomic E-state index is 0.622. The van der Waals surface area contributed by atoms with Gasteiger partial charge in [-0.15, -0.1) is 11.8 Å². The molecule has 0 aliphatic rings. The van der Waals surface area contributed by atoms with E-state index in [1.165, 1.54) is 28.6 Å². The van der Waals surface area contributed by atoms with Gasteiger partial charge in [0.25, 0.3) is 0 Å². The van der Waals surface area contributed by atoms with E-state index in [-0.39, 0.29) is 0 Å². The van der Waals surface area contributed by atoms with Crippen molar-refractivity contribution >= 4 is 27.7 Å². The standard InChI is InChI=1S/C13H20BrNS/c1-3-4-7-11(15-2)10-16-13-9-6-5-8-12(13)14/h5-6,8-9,11,15H,3-4,7,10H2,1-2H3. The summed E-state index contributed by atoms with van der Waals surface area (Å²) in [4.78, 5) is 1.33. The van der Waals surface area contributed by atoms with E-state index in [0.717, 1.165) is 5.75 Å². The van der Waals surface area contributed by atoms with Crippen LogP contribution < -0.4 is 5.32 Å². The molecule has 1 N–H and O–H groups in total. The summed E-state index contributed by atoms with van der Waals surface area (Å²) in [7, 11) is 2.06. The van der Waals surface area contributed by atoms with Crippen molar-refractivity contribution in [2.75, 3.05) is 12.8 Å². The number of hydrogen-bond donors (Lipinski definition) is 1. The SMILES string of the molecule is CCCCC(CSc1ccccc1Br)NC. The molecule has 0 aliphatic carbocycles. The van der Waals surface area contributed by atoms with E-state index in [2.05, 4.69) is 59.5 Å². The van der Waals surface area contributed by atoms with Gasteiger partial charge in [0.05, 0.1) is 0 Å². The van der Waals surface area contributed by atoms with Crippen LogP contribution in [0.5, 0.6) is 0 Å². The van der Waals surface area contributed by atoms with E-state index in [0.29, 0.717) is 6.04 Å². The second kappa shape index (κ2) is 8.15. The number of halogens is 1. The molecule has 0 aliphatic heterocycles. The number of unbranched alkanes of at least 4 members (excludes halogenated alkanes) is 1. The molecule has 1 rings (SSSR count). The average Bonchev–Trinajstić information content (AvgIpc) is 2.31. The minimum atomic E-state index is 0.622. The van der Waals surface area contributed by atoms with E-state index in [1.54, 1.807) is 0 Å². The van der Waals surface area contributed by atoms with Crippen LogP contribution in [0.25, 0.3) is 0 Å². The molecule has 0 amide bonds. The Hall–Kier alpha value is 0.01000. The summed E-state index contributed by atoms with van der Waals surface area (Å²) < 4.78 is 1.20. The van der Waals surface area contributed by atoms with Gasteiger partial charge in [-0.2, -0.15) is 0 Å². The quantitative estimate of drug-likeness (QED) is 0.753. The predicted octanol–water partition coefficient (Wildman–Crippen LogP) is 4.32. The van der Waals surface area contributed by atoms with Gasteiger partial charge in [0, 0.05) is 21.2 Å². The zero-order valence-corrected chi connectivity index (χ0v) is 12.4. The molecule has 0 fully saturated rings. The van der Waals surface area contributed by atoms with Gasteiger partial charge in [-0.25, -0.2) is 0 Å². The Morgan fingerprint density at radius 3 is 2.75 bits per heavy atom. The molecule has 16 heavy (non-hydrogen) atoms. The van der Waals surface area contributed by atoms with E-state index in [9.17, 15) is 0 Å². The van der Waals surface area contributed by atoms with Crippen LogP contribution in [0.2, 0.25) is 0 Å². The van der Waals surface area contributed by atoms with Crippen molar-refractivity contribution in [2.24, 2.45) is 0 Å². The van der Waals surface area contributed by atoms with Gasteiger partial charge in [-0.1, -0.05) is 31.9 Å². The first-order valence-corrected chi connectivity index (χ1v) is 7.60. The van der Waals surface area contributed by atoms with Crippen molar-refractivity contribution in [3.63, 3.8) is 0 Å². The lowest BCUT2D eigenvalue weighted by Crippen LogP contribution is -2.27. The molecule has 1 unspecified atom stereocenters. The van der Waals surface area contributed by atoms with Crippen LogP contribution in [0, 0.1) is 0 Å². The molecular weight excluding hydrogens is 282 g/mol. The number of thioether (sulfide) groups is 1. The van der Waals surface area contributed by atoms with Crippen molar-refractivity contribution < 1.29 is 0 Å². The summed E-state index contributed by atoms with van der Waals surface area (Å²) in [6.45, 7) is 2.24. The molecule has 0 saturated heterocycles. The van der Waals surface area contributed by atoms with Crippen molar-refractivity contribution in [3.05, 3.63) is 28.7 Å². The largest absolute Gasteiger partial charge is 0.316 e. The number of hydrogen-bond acceptors (Lipinski definition) is 2. The first kappa shape index (κ1) is 14.1. The van der Waals surface area contributed by atoms with Gasteiger partial charge in [0.1, 0.15) is 0 Å². The lowest BCUT2D eigenvalue weighted by Gasteiger charge is -2.15. The molecule has 1 atom stereocenters. The Morgan fingerprint density at radius 1 is 1.38 bits per heavy atom. The lowest BCUT2D eigenvalue weighted by molar-refractivity contribution is 0.544. The maximum absolute atomic E-state index is 3.58. The van der Waals surface area contributed by atoms with Crippen LogP contribution in [-0.2, 0) is 0 Å². The molecular formula is C13H20BrNS. The summed E-state index contributed by atoms with van der Waals surface area (Å²) in [5.41, 5.74) is 0. The fourth-order valence-corrected chi connectivity index (χ4v) is 3.24. The maximum Gasteiger partial charge on any atom is 0.0311 e. The smallest absolute Gasteiger partial charge is 0.0311 e. The molecule has 1 nitrogen and oxygen atoms in total. The third kappa shape index (κ3) is 4.89. The second-order valence-electron chi connectivity index (χ2n) is 3.87. The van der Waals surface area contributed by atoms with Crippen LogP contribution in [-0.4, -0.2) is 18.8 Å². The van der Waals surface area contributed by atoms with Crippen molar-refractivity contribution in [1.82, 2.24) is 5.32 Å². The molecule has 1 aromatic rings. The normalized spacial score (nSPS) is 12.7.